The Morgan fingerprint density at radius 1 is 1.43 bits per heavy atom. The normalized spacial score (nSPS) is 16.2. The van der Waals surface area contributed by atoms with E-state index in [0.717, 1.165) is 30.8 Å². The van der Waals surface area contributed by atoms with Crippen LogP contribution in [0.5, 0.6) is 5.75 Å². The summed E-state index contributed by atoms with van der Waals surface area (Å²) in [5.41, 5.74) is 0.759. The summed E-state index contributed by atoms with van der Waals surface area (Å²) < 4.78 is 6.21. The quantitative estimate of drug-likeness (QED) is 0.864. The monoisotopic (exact) mass is 311 g/mol. The summed E-state index contributed by atoms with van der Waals surface area (Å²) >= 11 is 6.09. The van der Waals surface area contributed by atoms with E-state index in [1.54, 1.807) is 0 Å². The van der Waals surface area contributed by atoms with Gasteiger partial charge in [-0.15, -0.1) is 0 Å². The number of nitrogens with zero attached hydrogens (tertiary/aromatic N) is 1. The first-order valence-electron chi connectivity index (χ1n) is 7.45. The number of ether oxygens (including phenoxy) is 1. The van der Waals surface area contributed by atoms with Crippen LogP contribution in [0.4, 0.5) is 5.69 Å². The van der Waals surface area contributed by atoms with Gasteiger partial charge in [-0.3, -0.25) is 4.79 Å². The lowest BCUT2D eigenvalue weighted by atomic mass is 9.93. The van der Waals surface area contributed by atoms with Gasteiger partial charge in [-0.2, -0.15) is 0 Å². The molecule has 0 amide bonds. The van der Waals surface area contributed by atoms with E-state index in [0.29, 0.717) is 18.0 Å². The van der Waals surface area contributed by atoms with E-state index in [1.807, 2.05) is 18.2 Å². The average molecular weight is 312 g/mol. The van der Waals surface area contributed by atoms with Gasteiger partial charge in [-0.05, 0) is 37.5 Å². The minimum absolute atomic E-state index is 0.179. The van der Waals surface area contributed by atoms with Crippen LogP contribution in [0.1, 0.15) is 39.5 Å². The number of carboxylic acid groups (broad SMARTS) is 1. The Morgan fingerprint density at radius 2 is 2.14 bits per heavy atom. The number of carbonyl (C=O) groups is 1. The molecule has 1 aromatic rings. The number of fused-ring (bicyclic) bond motifs is 1. The SMILES string of the molecule is CCC1(CC)CN(CCCC(=O)O)c2cc(Cl)ccc2O1. The number of rotatable bonds is 6. The van der Waals surface area contributed by atoms with E-state index >= 15 is 0 Å². The molecule has 116 valence electrons. The molecule has 1 heterocycles. The lowest BCUT2D eigenvalue weighted by molar-refractivity contribution is -0.137. The molecule has 0 unspecified atom stereocenters. The van der Waals surface area contributed by atoms with Crippen LogP contribution in [0, 0.1) is 0 Å². The minimum Gasteiger partial charge on any atom is -0.483 e. The van der Waals surface area contributed by atoms with Crippen molar-refractivity contribution in [2.75, 3.05) is 18.0 Å². The highest BCUT2D eigenvalue weighted by molar-refractivity contribution is 6.30. The topological polar surface area (TPSA) is 49.8 Å². The summed E-state index contributed by atoms with van der Waals surface area (Å²) in [5.74, 6) is 0.0801. The van der Waals surface area contributed by atoms with Crippen LogP contribution in [0.15, 0.2) is 18.2 Å². The third-order valence-electron chi connectivity index (χ3n) is 4.17. The van der Waals surface area contributed by atoms with Crippen molar-refractivity contribution in [3.63, 3.8) is 0 Å². The number of anilines is 1. The second-order valence-corrected chi connectivity index (χ2v) is 5.96. The molecule has 1 aliphatic rings. The zero-order valence-corrected chi connectivity index (χ0v) is 13.3. The van der Waals surface area contributed by atoms with Crippen LogP contribution >= 0.6 is 11.6 Å². The molecule has 4 nitrogen and oxygen atoms in total. The molecule has 0 aromatic heterocycles. The Labute approximate surface area is 130 Å². The zero-order valence-electron chi connectivity index (χ0n) is 12.6. The Hall–Kier alpha value is -1.42. The van der Waals surface area contributed by atoms with Crippen LogP contribution in [-0.2, 0) is 4.79 Å². The minimum atomic E-state index is -0.758. The van der Waals surface area contributed by atoms with Crippen LogP contribution < -0.4 is 9.64 Å². The highest BCUT2D eigenvalue weighted by atomic mass is 35.5. The number of carboxylic acids is 1. The predicted octanol–water partition coefficient (Wildman–Crippen LogP) is 3.96. The Balaban J connectivity index is 2.24. The van der Waals surface area contributed by atoms with Gasteiger partial charge in [-0.1, -0.05) is 25.4 Å². The van der Waals surface area contributed by atoms with Crippen LogP contribution in [0.25, 0.3) is 0 Å². The van der Waals surface area contributed by atoms with Gasteiger partial charge >= 0.3 is 5.97 Å². The number of hydrogen-bond donors (Lipinski definition) is 1. The molecule has 5 heteroatoms. The molecular weight excluding hydrogens is 290 g/mol. The van der Waals surface area contributed by atoms with E-state index in [-0.39, 0.29) is 12.0 Å². The molecule has 1 aliphatic heterocycles. The van der Waals surface area contributed by atoms with E-state index in [9.17, 15) is 4.79 Å². The van der Waals surface area contributed by atoms with E-state index < -0.39 is 5.97 Å². The van der Waals surface area contributed by atoms with Crippen LogP contribution in [-0.4, -0.2) is 29.8 Å². The maximum absolute atomic E-state index is 10.7. The summed E-state index contributed by atoms with van der Waals surface area (Å²) in [6, 6.07) is 5.63. The summed E-state index contributed by atoms with van der Waals surface area (Å²) in [6.45, 7) is 5.72. The van der Waals surface area contributed by atoms with Gasteiger partial charge in [0.1, 0.15) is 11.4 Å². The molecule has 0 spiro atoms. The van der Waals surface area contributed by atoms with E-state index in [2.05, 4.69) is 18.7 Å². The van der Waals surface area contributed by atoms with Crippen molar-refractivity contribution in [2.45, 2.75) is 45.1 Å². The Morgan fingerprint density at radius 3 is 2.76 bits per heavy atom. The van der Waals surface area contributed by atoms with Gasteiger partial charge in [-0.25, -0.2) is 0 Å². The van der Waals surface area contributed by atoms with Crippen molar-refractivity contribution in [1.29, 1.82) is 0 Å². The van der Waals surface area contributed by atoms with Crippen molar-refractivity contribution < 1.29 is 14.6 Å². The van der Waals surface area contributed by atoms with Gasteiger partial charge in [0.2, 0.25) is 0 Å². The summed E-state index contributed by atoms with van der Waals surface area (Å²) in [4.78, 5) is 12.9. The third-order valence-corrected chi connectivity index (χ3v) is 4.41. The summed E-state index contributed by atoms with van der Waals surface area (Å²) in [5, 5.41) is 9.48. The summed E-state index contributed by atoms with van der Waals surface area (Å²) in [6.07, 6.45) is 2.63. The molecule has 0 atom stereocenters. The molecule has 1 N–H and O–H groups in total. The molecule has 0 aliphatic carbocycles. The summed E-state index contributed by atoms with van der Waals surface area (Å²) in [7, 11) is 0. The molecule has 0 radical (unpaired) electrons. The fraction of sp³-hybridized carbons (Fsp3) is 0.562. The Bertz CT molecular complexity index is 514. The standard InChI is InChI=1S/C16H22ClNO3/c1-3-16(4-2)11-18(9-5-6-15(19)20)13-10-12(17)7-8-14(13)21-16/h7-8,10H,3-6,9,11H2,1-2H3,(H,19,20). The van der Waals surface area contributed by atoms with Gasteiger partial charge in [0.15, 0.2) is 0 Å². The molecule has 21 heavy (non-hydrogen) atoms. The molecule has 1 aromatic carbocycles. The first-order valence-corrected chi connectivity index (χ1v) is 7.83. The van der Waals surface area contributed by atoms with E-state index in [4.69, 9.17) is 21.4 Å². The maximum Gasteiger partial charge on any atom is 0.303 e. The van der Waals surface area contributed by atoms with Gasteiger partial charge in [0.05, 0.1) is 12.2 Å². The van der Waals surface area contributed by atoms with Crippen molar-refractivity contribution in [3.8, 4) is 5.75 Å². The second-order valence-electron chi connectivity index (χ2n) is 5.52. The van der Waals surface area contributed by atoms with Crippen LogP contribution in [0.2, 0.25) is 5.02 Å². The number of aliphatic carboxylic acids is 1. The van der Waals surface area contributed by atoms with Crippen molar-refractivity contribution in [1.82, 2.24) is 0 Å². The lowest BCUT2D eigenvalue weighted by Gasteiger charge is -2.44. The molecule has 0 saturated heterocycles. The lowest BCUT2D eigenvalue weighted by Crippen LogP contribution is -2.50. The highest BCUT2D eigenvalue weighted by Crippen LogP contribution is 2.41. The molecule has 0 saturated carbocycles. The van der Waals surface area contributed by atoms with E-state index in [1.165, 1.54) is 0 Å². The van der Waals surface area contributed by atoms with Crippen molar-refractivity contribution in [3.05, 3.63) is 23.2 Å². The zero-order chi connectivity index (χ0) is 15.5. The van der Waals surface area contributed by atoms with Gasteiger partial charge in [0.25, 0.3) is 0 Å². The van der Waals surface area contributed by atoms with Gasteiger partial charge in [0, 0.05) is 18.0 Å². The first kappa shape index (κ1) is 16.0. The molecular formula is C16H22ClNO3. The average Bonchev–Trinajstić information content (AvgIpc) is 2.47. The smallest absolute Gasteiger partial charge is 0.303 e. The third kappa shape index (κ3) is 3.62. The molecule has 0 bridgehead atoms. The van der Waals surface area contributed by atoms with Gasteiger partial charge < -0.3 is 14.7 Å². The fourth-order valence-corrected chi connectivity index (χ4v) is 2.93. The van der Waals surface area contributed by atoms with Crippen molar-refractivity contribution in [2.24, 2.45) is 0 Å². The second kappa shape index (κ2) is 6.56. The predicted molar refractivity (Wildman–Crippen MR) is 84.5 cm³/mol. The molecule has 0 fully saturated rings. The highest BCUT2D eigenvalue weighted by Gasteiger charge is 2.36. The Kier molecular flexibility index (Phi) is 4.99. The number of benzene rings is 1. The van der Waals surface area contributed by atoms with Crippen LogP contribution in [0.3, 0.4) is 0 Å². The molecule has 2 rings (SSSR count). The maximum atomic E-state index is 10.7. The first-order chi connectivity index (χ1) is 9.99. The fourth-order valence-electron chi connectivity index (χ4n) is 2.76. The number of halogens is 1. The largest absolute Gasteiger partial charge is 0.483 e. The van der Waals surface area contributed by atoms with Crippen molar-refractivity contribution >= 4 is 23.3 Å². The number of hydrogen-bond acceptors (Lipinski definition) is 3.